The van der Waals surface area contributed by atoms with Crippen molar-refractivity contribution >= 4 is 5.96 Å². The minimum absolute atomic E-state index is 0.327. The van der Waals surface area contributed by atoms with E-state index in [1.807, 2.05) is 24.3 Å². The van der Waals surface area contributed by atoms with Crippen molar-refractivity contribution < 1.29 is 14.6 Å². The molecule has 1 atom stereocenters. The summed E-state index contributed by atoms with van der Waals surface area (Å²) in [5.41, 5.74) is 0.822. The topological polar surface area (TPSA) is 66.3 Å². The number of aliphatic hydroxyl groups excluding tert-OH is 1. The molecule has 1 aromatic carbocycles. The second kappa shape index (κ2) is 11.4. The van der Waals surface area contributed by atoms with Crippen molar-refractivity contribution in [3.8, 4) is 5.75 Å². The highest BCUT2D eigenvalue weighted by molar-refractivity contribution is 5.80. The number of methoxy groups -OCH3 is 1. The average Bonchev–Trinajstić information content (AvgIpc) is 3.29. The van der Waals surface area contributed by atoms with E-state index in [0.29, 0.717) is 12.6 Å². The zero-order valence-corrected chi connectivity index (χ0v) is 18.0. The number of aliphatic hydroxyl groups is 1. The van der Waals surface area contributed by atoms with Gasteiger partial charge in [-0.1, -0.05) is 25.0 Å². The van der Waals surface area contributed by atoms with Gasteiger partial charge in [-0.15, -0.1) is 0 Å². The first-order valence-corrected chi connectivity index (χ1v) is 11.2. The Morgan fingerprint density at radius 2 is 2.00 bits per heavy atom. The Bertz CT molecular complexity index is 638. The largest absolute Gasteiger partial charge is 0.497 e. The summed E-state index contributed by atoms with van der Waals surface area (Å²) in [6, 6.07) is 7.54. The summed E-state index contributed by atoms with van der Waals surface area (Å²) in [4.78, 5) is 6.99. The van der Waals surface area contributed by atoms with Gasteiger partial charge in [-0.3, -0.25) is 4.99 Å². The second-order valence-corrected chi connectivity index (χ2v) is 8.16. The number of guanidine groups is 1. The SMILES string of the molecule is CCNC(=NCC(O)c1cccc(OC)c1)N1CCC(OCC2CCCC2)CC1. The number of nitrogens with zero attached hydrogens (tertiary/aromatic N) is 2. The molecule has 0 bridgehead atoms. The van der Waals surface area contributed by atoms with Gasteiger partial charge in [-0.25, -0.2) is 0 Å². The van der Waals surface area contributed by atoms with Gasteiger partial charge in [0.05, 0.1) is 25.9 Å². The average molecular weight is 404 g/mol. The van der Waals surface area contributed by atoms with Crippen molar-refractivity contribution in [1.82, 2.24) is 10.2 Å². The van der Waals surface area contributed by atoms with Crippen LogP contribution in [0.1, 0.15) is 57.1 Å². The van der Waals surface area contributed by atoms with Crippen LogP contribution in [0.25, 0.3) is 0 Å². The Balaban J connectivity index is 1.49. The van der Waals surface area contributed by atoms with Crippen LogP contribution in [0.2, 0.25) is 0 Å². The van der Waals surface area contributed by atoms with Gasteiger partial charge in [-0.05, 0) is 56.2 Å². The van der Waals surface area contributed by atoms with Crippen LogP contribution >= 0.6 is 0 Å². The van der Waals surface area contributed by atoms with E-state index in [-0.39, 0.29) is 0 Å². The smallest absolute Gasteiger partial charge is 0.194 e. The summed E-state index contributed by atoms with van der Waals surface area (Å²) < 4.78 is 11.4. The lowest BCUT2D eigenvalue weighted by molar-refractivity contribution is 0.000979. The molecule has 0 aromatic heterocycles. The molecule has 1 saturated carbocycles. The molecule has 162 valence electrons. The van der Waals surface area contributed by atoms with Gasteiger partial charge < -0.3 is 24.8 Å². The quantitative estimate of drug-likeness (QED) is 0.515. The third kappa shape index (κ3) is 6.61. The maximum atomic E-state index is 10.5. The lowest BCUT2D eigenvalue weighted by Gasteiger charge is -2.34. The molecule has 6 nitrogen and oxygen atoms in total. The third-order valence-corrected chi connectivity index (χ3v) is 6.01. The first kappa shape index (κ1) is 21.9. The number of benzene rings is 1. The summed E-state index contributed by atoms with van der Waals surface area (Å²) in [5.74, 6) is 2.41. The Morgan fingerprint density at radius 3 is 2.69 bits per heavy atom. The molecule has 29 heavy (non-hydrogen) atoms. The third-order valence-electron chi connectivity index (χ3n) is 6.01. The van der Waals surface area contributed by atoms with Crippen molar-refractivity contribution in [2.45, 2.75) is 57.7 Å². The van der Waals surface area contributed by atoms with Crippen molar-refractivity contribution in [2.75, 3.05) is 39.9 Å². The Morgan fingerprint density at radius 1 is 1.24 bits per heavy atom. The molecular weight excluding hydrogens is 366 g/mol. The van der Waals surface area contributed by atoms with Crippen LogP contribution in [-0.2, 0) is 4.74 Å². The van der Waals surface area contributed by atoms with Crippen LogP contribution in [-0.4, -0.2) is 62.0 Å². The van der Waals surface area contributed by atoms with Gasteiger partial charge in [0.25, 0.3) is 0 Å². The summed E-state index contributed by atoms with van der Waals surface area (Å²) in [6.45, 7) is 6.03. The lowest BCUT2D eigenvalue weighted by atomic mass is 10.1. The van der Waals surface area contributed by atoms with E-state index in [1.165, 1.54) is 25.7 Å². The number of piperidine rings is 1. The fraction of sp³-hybridized carbons (Fsp3) is 0.696. The number of hydrogen-bond acceptors (Lipinski definition) is 4. The fourth-order valence-electron chi connectivity index (χ4n) is 4.24. The zero-order valence-electron chi connectivity index (χ0n) is 18.0. The molecule has 0 radical (unpaired) electrons. The van der Waals surface area contributed by atoms with E-state index in [2.05, 4.69) is 17.1 Å². The summed E-state index contributed by atoms with van der Waals surface area (Å²) in [7, 11) is 1.63. The van der Waals surface area contributed by atoms with E-state index in [0.717, 1.165) is 62.3 Å². The van der Waals surface area contributed by atoms with E-state index >= 15 is 0 Å². The normalized spacial score (nSPS) is 20.1. The first-order valence-electron chi connectivity index (χ1n) is 11.2. The highest BCUT2D eigenvalue weighted by atomic mass is 16.5. The van der Waals surface area contributed by atoms with Crippen LogP contribution in [0.5, 0.6) is 5.75 Å². The van der Waals surface area contributed by atoms with Gasteiger partial charge in [0.2, 0.25) is 0 Å². The highest BCUT2D eigenvalue weighted by Crippen LogP contribution is 2.26. The number of ether oxygens (including phenoxy) is 2. The predicted octanol–water partition coefficient (Wildman–Crippen LogP) is 3.37. The summed E-state index contributed by atoms with van der Waals surface area (Å²) in [6.07, 6.45) is 7.22. The number of aliphatic imine (C=N–C) groups is 1. The van der Waals surface area contributed by atoms with Crippen molar-refractivity contribution in [2.24, 2.45) is 10.9 Å². The molecule has 2 N–H and O–H groups in total. The van der Waals surface area contributed by atoms with Gasteiger partial charge in [0.15, 0.2) is 5.96 Å². The molecule has 1 aliphatic heterocycles. The minimum atomic E-state index is -0.647. The van der Waals surface area contributed by atoms with Crippen molar-refractivity contribution in [1.29, 1.82) is 0 Å². The molecule has 0 amide bonds. The number of nitrogens with one attached hydrogen (secondary N) is 1. The molecule has 3 rings (SSSR count). The minimum Gasteiger partial charge on any atom is -0.497 e. The van der Waals surface area contributed by atoms with Crippen LogP contribution in [0.3, 0.4) is 0 Å². The van der Waals surface area contributed by atoms with Crippen LogP contribution in [0.15, 0.2) is 29.3 Å². The van der Waals surface area contributed by atoms with Crippen molar-refractivity contribution in [3.05, 3.63) is 29.8 Å². The molecule has 2 fully saturated rings. The Labute approximate surface area is 175 Å². The molecule has 1 saturated heterocycles. The van der Waals surface area contributed by atoms with Crippen LogP contribution in [0.4, 0.5) is 0 Å². The van der Waals surface area contributed by atoms with E-state index < -0.39 is 6.10 Å². The lowest BCUT2D eigenvalue weighted by Crippen LogP contribution is -2.47. The maximum Gasteiger partial charge on any atom is 0.194 e. The molecule has 6 heteroatoms. The van der Waals surface area contributed by atoms with Gasteiger partial charge in [-0.2, -0.15) is 0 Å². The monoisotopic (exact) mass is 403 g/mol. The zero-order chi connectivity index (χ0) is 20.5. The maximum absolute atomic E-state index is 10.5. The van der Waals surface area contributed by atoms with E-state index in [9.17, 15) is 5.11 Å². The molecule has 1 heterocycles. The van der Waals surface area contributed by atoms with Crippen LogP contribution < -0.4 is 10.1 Å². The molecule has 2 aliphatic rings. The van der Waals surface area contributed by atoms with E-state index in [4.69, 9.17) is 14.5 Å². The Hall–Kier alpha value is -1.79. The predicted molar refractivity (Wildman–Crippen MR) is 116 cm³/mol. The molecule has 1 aliphatic carbocycles. The molecule has 0 spiro atoms. The van der Waals surface area contributed by atoms with Gasteiger partial charge >= 0.3 is 0 Å². The molecule has 1 aromatic rings. The van der Waals surface area contributed by atoms with Gasteiger partial charge in [0, 0.05) is 26.2 Å². The van der Waals surface area contributed by atoms with Crippen molar-refractivity contribution in [3.63, 3.8) is 0 Å². The second-order valence-electron chi connectivity index (χ2n) is 8.16. The van der Waals surface area contributed by atoms with Crippen LogP contribution in [0, 0.1) is 5.92 Å². The Kier molecular flexibility index (Phi) is 8.62. The summed E-state index contributed by atoms with van der Waals surface area (Å²) in [5, 5.41) is 13.9. The molecule has 1 unspecified atom stereocenters. The fourth-order valence-corrected chi connectivity index (χ4v) is 4.24. The standard InChI is InChI=1S/C23H37N3O3/c1-3-24-23(25-16-22(27)19-9-6-10-21(15-19)28-2)26-13-11-20(12-14-26)29-17-18-7-4-5-8-18/h6,9-10,15,18,20,22,27H,3-5,7-8,11-14,16-17H2,1-2H3,(H,24,25). The first-order chi connectivity index (χ1) is 14.2. The summed E-state index contributed by atoms with van der Waals surface area (Å²) >= 11 is 0. The highest BCUT2D eigenvalue weighted by Gasteiger charge is 2.24. The van der Waals surface area contributed by atoms with E-state index in [1.54, 1.807) is 7.11 Å². The number of rotatable bonds is 8. The molecular formula is C23H37N3O3. The van der Waals surface area contributed by atoms with Gasteiger partial charge in [0.1, 0.15) is 5.75 Å². The number of hydrogen-bond donors (Lipinski definition) is 2. The number of likely N-dealkylation sites (tertiary alicyclic amines) is 1.